The largest absolute Gasteiger partial charge is 0.467 e. The Kier molecular flexibility index (Phi) is 4.54. The highest BCUT2D eigenvalue weighted by molar-refractivity contribution is 7.80. The Morgan fingerprint density at radius 3 is 3.04 bits per heavy atom. The van der Waals surface area contributed by atoms with E-state index in [1.54, 1.807) is 24.5 Å². The number of benzene rings is 1. The van der Waals surface area contributed by atoms with Crippen LogP contribution in [-0.4, -0.2) is 23.2 Å². The van der Waals surface area contributed by atoms with Crippen LogP contribution < -0.4 is 10.6 Å². The molecular formula is C15H13N3O3S2. The van der Waals surface area contributed by atoms with Crippen molar-refractivity contribution in [2.24, 2.45) is 0 Å². The van der Waals surface area contributed by atoms with Gasteiger partial charge in [-0.05, 0) is 42.5 Å². The average molecular weight is 347 g/mol. The molecule has 2 aromatic heterocycles. The first kappa shape index (κ1) is 15.4. The number of hydrogen-bond acceptors (Lipinski definition) is 6. The van der Waals surface area contributed by atoms with E-state index in [1.807, 2.05) is 12.1 Å². The molecule has 0 saturated heterocycles. The second-order valence-electron chi connectivity index (χ2n) is 4.58. The minimum Gasteiger partial charge on any atom is -0.467 e. The molecule has 3 aromatic rings. The zero-order chi connectivity index (χ0) is 16.2. The van der Waals surface area contributed by atoms with Crippen molar-refractivity contribution in [1.29, 1.82) is 0 Å². The smallest absolute Gasteiger partial charge is 0.337 e. The summed E-state index contributed by atoms with van der Waals surface area (Å²) in [6.45, 7) is 0.496. The van der Waals surface area contributed by atoms with Gasteiger partial charge in [0.05, 0.1) is 35.7 Å². The van der Waals surface area contributed by atoms with Gasteiger partial charge in [-0.15, -0.1) is 0 Å². The number of esters is 1. The molecule has 0 atom stereocenters. The number of methoxy groups -OCH3 is 1. The number of nitrogens with one attached hydrogen (secondary N) is 2. The van der Waals surface area contributed by atoms with E-state index in [2.05, 4.69) is 15.6 Å². The Morgan fingerprint density at radius 2 is 2.30 bits per heavy atom. The SMILES string of the molecule is COC(=O)c1ccc2nc(NC(=S)NCc3ccco3)sc2c1. The normalized spacial score (nSPS) is 10.5. The number of hydrogen-bond donors (Lipinski definition) is 2. The lowest BCUT2D eigenvalue weighted by atomic mass is 10.2. The van der Waals surface area contributed by atoms with Gasteiger partial charge in [-0.1, -0.05) is 11.3 Å². The van der Waals surface area contributed by atoms with Gasteiger partial charge in [0.2, 0.25) is 0 Å². The summed E-state index contributed by atoms with van der Waals surface area (Å²) in [6.07, 6.45) is 1.61. The Morgan fingerprint density at radius 1 is 1.43 bits per heavy atom. The third-order valence-electron chi connectivity index (χ3n) is 3.03. The molecule has 3 rings (SSSR count). The molecular weight excluding hydrogens is 334 g/mol. The van der Waals surface area contributed by atoms with Crippen molar-refractivity contribution in [3.05, 3.63) is 47.9 Å². The number of anilines is 1. The zero-order valence-corrected chi connectivity index (χ0v) is 13.8. The Bertz CT molecular complexity index is 843. The summed E-state index contributed by atoms with van der Waals surface area (Å²) in [6, 6.07) is 8.90. The minimum atomic E-state index is -0.370. The van der Waals surface area contributed by atoms with E-state index in [0.717, 1.165) is 16.0 Å². The van der Waals surface area contributed by atoms with Gasteiger partial charge in [-0.25, -0.2) is 9.78 Å². The van der Waals surface area contributed by atoms with Gasteiger partial charge < -0.3 is 19.8 Å². The van der Waals surface area contributed by atoms with Gasteiger partial charge in [0.25, 0.3) is 0 Å². The first-order chi connectivity index (χ1) is 11.2. The average Bonchev–Trinajstić information content (AvgIpc) is 3.20. The van der Waals surface area contributed by atoms with Crippen LogP contribution in [0.3, 0.4) is 0 Å². The highest BCUT2D eigenvalue weighted by Gasteiger charge is 2.10. The van der Waals surface area contributed by atoms with Gasteiger partial charge in [0.15, 0.2) is 10.2 Å². The highest BCUT2D eigenvalue weighted by Crippen LogP contribution is 2.27. The lowest BCUT2D eigenvalue weighted by Crippen LogP contribution is -2.27. The predicted molar refractivity (Wildman–Crippen MR) is 92.7 cm³/mol. The van der Waals surface area contributed by atoms with Crippen molar-refractivity contribution in [3.8, 4) is 0 Å². The summed E-state index contributed by atoms with van der Waals surface area (Å²) in [5.41, 5.74) is 1.28. The van der Waals surface area contributed by atoms with Crippen molar-refractivity contribution in [3.63, 3.8) is 0 Å². The molecule has 0 aliphatic heterocycles. The number of ether oxygens (including phenoxy) is 1. The van der Waals surface area contributed by atoms with E-state index >= 15 is 0 Å². The number of furan rings is 1. The summed E-state index contributed by atoms with van der Waals surface area (Å²) < 4.78 is 10.8. The molecule has 0 aliphatic carbocycles. The number of thiazole rings is 1. The maximum atomic E-state index is 11.5. The highest BCUT2D eigenvalue weighted by atomic mass is 32.1. The van der Waals surface area contributed by atoms with Crippen LogP contribution >= 0.6 is 23.6 Å². The van der Waals surface area contributed by atoms with E-state index in [-0.39, 0.29) is 5.97 Å². The quantitative estimate of drug-likeness (QED) is 0.554. The molecule has 6 nitrogen and oxygen atoms in total. The molecule has 1 aromatic carbocycles. The van der Waals surface area contributed by atoms with Crippen LogP contribution in [0.15, 0.2) is 41.0 Å². The topological polar surface area (TPSA) is 76.4 Å². The number of carbonyl (C=O) groups excluding carboxylic acids is 1. The molecule has 118 valence electrons. The molecule has 2 N–H and O–H groups in total. The first-order valence-electron chi connectivity index (χ1n) is 6.72. The molecule has 0 bridgehead atoms. The van der Waals surface area contributed by atoms with Crippen molar-refractivity contribution in [2.45, 2.75) is 6.54 Å². The predicted octanol–water partition coefficient (Wildman–Crippen LogP) is 3.16. The lowest BCUT2D eigenvalue weighted by molar-refractivity contribution is 0.0601. The van der Waals surface area contributed by atoms with Crippen molar-refractivity contribution >= 4 is 50.0 Å². The Labute approximate surface area is 141 Å². The Balaban J connectivity index is 1.68. The van der Waals surface area contributed by atoms with E-state index in [0.29, 0.717) is 22.4 Å². The summed E-state index contributed by atoms with van der Waals surface area (Å²) in [5, 5.41) is 7.17. The first-order valence-corrected chi connectivity index (χ1v) is 7.94. The number of carbonyl (C=O) groups is 1. The second kappa shape index (κ2) is 6.76. The molecule has 0 amide bonds. The number of thiocarbonyl (C=S) groups is 1. The molecule has 8 heteroatoms. The molecule has 0 aliphatic rings. The van der Waals surface area contributed by atoms with E-state index in [1.165, 1.54) is 18.4 Å². The summed E-state index contributed by atoms with van der Waals surface area (Å²) in [4.78, 5) is 16.0. The van der Waals surface area contributed by atoms with Crippen LogP contribution in [0.25, 0.3) is 10.2 Å². The molecule has 2 heterocycles. The van der Waals surface area contributed by atoms with Crippen LogP contribution in [0, 0.1) is 0 Å². The minimum absolute atomic E-state index is 0.370. The van der Waals surface area contributed by atoms with E-state index in [9.17, 15) is 4.79 Å². The second-order valence-corrected chi connectivity index (χ2v) is 6.02. The number of rotatable bonds is 4. The van der Waals surface area contributed by atoms with Crippen LogP contribution in [0.5, 0.6) is 0 Å². The van der Waals surface area contributed by atoms with Gasteiger partial charge in [-0.2, -0.15) is 0 Å². The molecule has 0 unspecified atom stereocenters. The number of nitrogens with zero attached hydrogens (tertiary/aromatic N) is 1. The molecule has 23 heavy (non-hydrogen) atoms. The maximum absolute atomic E-state index is 11.5. The van der Waals surface area contributed by atoms with Gasteiger partial charge in [-0.3, -0.25) is 0 Å². The molecule has 0 fully saturated rings. The van der Waals surface area contributed by atoms with E-state index in [4.69, 9.17) is 21.4 Å². The fraction of sp³-hybridized carbons (Fsp3) is 0.133. The van der Waals surface area contributed by atoms with E-state index < -0.39 is 0 Å². The van der Waals surface area contributed by atoms with Crippen LogP contribution in [0.1, 0.15) is 16.1 Å². The lowest BCUT2D eigenvalue weighted by Gasteiger charge is -2.06. The monoisotopic (exact) mass is 347 g/mol. The van der Waals surface area contributed by atoms with Crippen LogP contribution in [0.4, 0.5) is 5.13 Å². The van der Waals surface area contributed by atoms with Gasteiger partial charge >= 0.3 is 5.97 Å². The van der Waals surface area contributed by atoms with Gasteiger partial charge in [0, 0.05) is 0 Å². The zero-order valence-electron chi connectivity index (χ0n) is 12.2. The number of fused-ring (bicyclic) bond motifs is 1. The third-order valence-corrected chi connectivity index (χ3v) is 4.21. The molecule has 0 radical (unpaired) electrons. The van der Waals surface area contributed by atoms with Crippen LogP contribution in [0.2, 0.25) is 0 Å². The van der Waals surface area contributed by atoms with Crippen molar-refractivity contribution in [2.75, 3.05) is 12.4 Å². The maximum Gasteiger partial charge on any atom is 0.337 e. The van der Waals surface area contributed by atoms with Crippen molar-refractivity contribution in [1.82, 2.24) is 10.3 Å². The Hall–Kier alpha value is -2.45. The van der Waals surface area contributed by atoms with Crippen LogP contribution in [-0.2, 0) is 11.3 Å². The van der Waals surface area contributed by atoms with Gasteiger partial charge in [0.1, 0.15) is 5.76 Å². The number of aromatic nitrogens is 1. The molecule has 0 spiro atoms. The fourth-order valence-corrected chi connectivity index (χ4v) is 3.09. The fourth-order valence-electron chi connectivity index (χ4n) is 1.94. The molecule has 0 saturated carbocycles. The standard InChI is InChI=1S/C15H13N3O3S2/c1-20-13(19)9-4-5-11-12(7-9)23-15(17-11)18-14(22)16-8-10-3-2-6-21-10/h2-7H,8H2,1H3,(H2,16,17,18,22). The van der Waals surface area contributed by atoms with Crippen molar-refractivity contribution < 1.29 is 13.9 Å². The summed E-state index contributed by atoms with van der Waals surface area (Å²) in [7, 11) is 1.36. The summed E-state index contributed by atoms with van der Waals surface area (Å²) >= 11 is 6.64. The summed E-state index contributed by atoms with van der Waals surface area (Å²) in [5.74, 6) is 0.423. The third kappa shape index (κ3) is 3.66.